The number of allylic oxidation sites excluding steroid dienone is 12. The zero-order valence-electron chi connectivity index (χ0n) is 34.9. The monoisotopic (exact) mass is 804 g/mol. The molecule has 298 valence electrons. The maximum atomic E-state index is 5.51. The minimum Gasteiger partial charge on any atom is -0.363 e. The van der Waals surface area contributed by atoms with Crippen LogP contribution in [-0.4, -0.2) is 11.9 Å². The molecule has 63 heavy (non-hydrogen) atoms. The molecule has 1 spiro atoms. The largest absolute Gasteiger partial charge is 0.363 e. The quantitative estimate of drug-likeness (QED) is 0.184. The van der Waals surface area contributed by atoms with Gasteiger partial charge in [0.25, 0.3) is 0 Å². The van der Waals surface area contributed by atoms with Gasteiger partial charge in [0.1, 0.15) is 6.17 Å². The molecule has 0 radical (unpaired) electrons. The molecule has 0 aromatic heterocycles. The van der Waals surface area contributed by atoms with E-state index in [1.54, 1.807) is 0 Å². The number of benzene rings is 7. The van der Waals surface area contributed by atoms with Crippen LogP contribution in [0.25, 0.3) is 55.4 Å². The van der Waals surface area contributed by atoms with E-state index in [1.807, 2.05) is 0 Å². The van der Waals surface area contributed by atoms with Gasteiger partial charge in [-0.1, -0.05) is 200 Å². The van der Waals surface area contributed by atoms with Gasteiger partial charge >= 0.3 is 0 Å². The minimum absolute atomic E-state index is 0.116. The van der Waals surface area contributed by atoms with Gasteiger partial charge in [-0.2, -0.15) is 0 Å². The standard InChI is InChI=1S/C61H44N2/c1-4-18-39(19-5-1)52-36-42-24-10-11-25-45(42)59-58(52)51-33-32-43(37-55(51)61(59)53-30-16-14-28-48(53)49-29-15-17-31-54(49)61)44-34-35-50(47-27-13-12-26-46(44)47)60-62-56(40-20-6-2-7-21-40)38-57(63-60)41-22-8-3-9-23-41/h1-8,10-22,24-38,47,50,60,62H,9,23H2. The second kappa shape index (κ2) is 14.3. The molecule has 3 unspecified atom stereocenters. The van der Waals surface area contributed by atoms with Crippen molar-refractivity contribution in [3.63, 3.8) is 0 Å². The topological polar surface area (TPSA) is 24.4 Å². The average molecular weight is 805 g/mol. The van der Waals surface area contributed by atoms with Crippen LogP contribution in [0, 0.1) is 11.8 Å². The fraction of sp³-hybridized carbons (Fsp3) is 0.0984. The molecular weight excluding hydrogens is 761 g/mol. The highest BCUT2D eigenvalue weighted by Crippen LogP contribution is 2.66. The summed E-state index contributed by atoms with van der Waals surface area (Å²) in [4.78, 5) is 5.51. The minimum atomic E-state index is -0.508. The fourth-order valence-electron chi connectivity index (χ4n) is 11.7. The molecule has 3 atom stereocenters. The van der Waals surface area contributed by atoms with Crippen LogP contribution in [0.1, 0.15) is 46.2 Å². The van der Waals surface area contributed by atoms with Crippen LogP contribution in [0.5, 0.6) is 0 Å². The first-order valence-electron chi connectivity index (χ1n) is 22.5. The highest BCUT2D eigenvalue weighted by Gasteiger charge is 2.53. The fourth-order valence-corrected chi connectivity index (χ4v) is 11.7. The Morgan fingerprint density at radius 2 is 1.30 bits per heavy atom. The van der Waals surface area contributed by atoms with Crippen molar-refractivity contribution >= 4 is 27.8 Å². The summed E-state index contributed by atoms with van der Waals surface area (Å²) in [5, 5.41) is 6.50. The zero-order valence-corrected chi connectivity index (χ0v) is 34.9. The maximum absolute atomic E-state index is 5.51. The number of rotatable bonds is 5. The van der Waals surface area contributed by atoms with Crippen molar-refractivity contribution in [2.45, 2.75) is 24.4 Å². The number of nitrogens with zero attached hydrogens (tertiary/aromatic N) is 1. The van der Waals surface area contributed by atoms with Crippen molar-refractivity contribution in [3.8, 4) is 33.4 Å². The van der Waals surface area contributed by atoms with E-state index in [2.05, 4.69) is 224 Å². The van der Waals surface area contributed by atoms with Crippen molar-refractivity contribution in [1.29, 1.82) is 0 Å². The van der Waals surface area contributed by atoms with Crippen LogP contribution in [0.4, 0.5) is 0 Å². The Morgan fingerprint density at radius 3 is 2.08 bits per heavy atom. The second-order valence-electron chi connectivity index (χ2n) is 17.6. The van der Waals surface area contributed by atoms with Crippen LogP contribution in [0.15, 0.2) is 235 Å². The molecule has 5 aliphatic carbocycles. The third-order valence-electron chi connectivity index (χ3n) is 14.4. The van der Waals surface area contributed by atoms with Crippen molar-refractivity contribution in [1.82, 2.24) is 5.32 Å². The molecule has 1 heterocycles. The highest BCUT2D eigenvalue weighted by molar-refractivity contribution is 6.13. The molecule has 2 heteroatoms. The molecule has 1 aliphatic heterocycles. The molecule has 7 aromatic rings. The number of aliphatic imine (C=N–C) groups is 1. The van der Waals surface area contributed by atoms with Crippen molar-refractivity contribution in [2.75, 3.05) is 0 Å². The third kappa shape index (κ3) is 5.41. The molecule has 0 fully saturated rings. The first-order valence-corrected chi connectivity index (χ1v) is 22.5. The van der Waals surface area contributed by atoms with E-state index in [9.17, 15) is 0 Å². The molecule has 0 bridgehead atoms. The van der Waals surface area contributed by atoms with Gasteiger partial charge in [-0.05, 0) is 125 Å². The Bertz CT molecular complexity index is 3270. The van der Waals surface area contributed by atoms with Crippen LogP contribution < -0.4 is 5.32 Å². The van der Waals surface area contributed by atoms with Crippen molar-refractivity contribution < 1.29 is 0 Å². The van der Waals surface area contributed by atoms with E-state index < -0.39 is 5.41 Å². The predicted molar refractivity (Wildman–Crippen MR) is 262 cm³/mol. The van der Waals surface area contributed by atoms with Crippen molar-refractivity contribution in [3.05, 3.63) is 263 Å². The van der Waals surface area contributed by atoms with Crippen molar-refractivity contribution in [2.24, 2.45) is 16.8 Å². The molecular formula is C61H44N2. The van der Waals surface area contributed by atoms with E-state index in [4.69, 9.17) is 4.99 Å². The lowest BCUT2D eigenvalue weighted by Crippen LogP contribution is -2.41. The first-order chi connectivity index (χ1) is 31.3. The average Bonchev–Trinajstić information content (AvgIpc) is 3.84. The number of hydrogen-bond acceptors (Lipinski definition) is 2. The molecule has 13 rings (SSSR count). The molecule has 1 N–H and O–H groups in total. The van der Waals surface area contributed by atoms with E-state index in [-0.39, 0.29) is 18.0 Å². The Labute approximate surface area is 369 Å². The summed E-state index contributed by atoms with van der Waals surface area (Å²) in [5.41, 5.74) is 21.3. The van der Waals surface area contributed by atoms with Crippen LogP contribution in [0.2, 0.25) is 0 Å². The summed E-state index contributed by atoms with van der Waals surface area (Å²) in [6.07, 6.45) is 24.9. The Hall–Kier alpha value is -7.55. The summed E-state index contributed by atoms with van der Waals surface area (Å²) < 4.78 is 0. The number of nitrogens with one attached hydrogen (secondary N) is 1. The predicted octanol–water partition coefficient (Wildman–Crippen LogP) is 14.2. The summed E-state index contributed by atoms with van der Waals surface area (Å²) in [7, 11) is 0. The van der Waals surface area contributed by atoms with Crippen LogP contribution in [-0.2, 0) is 5.41 Å². The summed E-state index contributed by atoms with van der Waals surface area (Å²) in [6.45, 7) is 0. The van der Waals surface area contributed by atoms with Gasteiger partial charge in [-0.15, -0.1) is 0 Å². The number of fused-ring (bicyclic) bond motifs is 13. The van der Waals surface area contributed by atoms with Gasteiger partial charge in [-0.25, -0.2) is 0 Å². The summed E-state index contributed by atoms with van der Waals surface area (Å²) >= 11 is 0. The third-order valence-corrected chi connectivity index (χ3v) is 14.4. The molecule has 0 saturated heterocycles. The van der Waals surface area contributed by atoms with Gasteiger partial charge in [0.05, 0.1) is 11.1 Å². The van der Waals surface area contributed by atoms with Gasteiger partial charge in [0, 0.05) is 17.5 Å². The molecule has 6 aliphatic rings. The molecule has 0 saturated carbocycles. The lowest BCUT2D eigenvalue weighted by atomic mass is 9.68. The Balaban J connectivity index is 1.00. The molecule has 0 amide bonds. The smallest absolute Gasteiger partial charge is 0.126 e. The van der Waals surface area contributed by atoms with E-state index >= 15 is 0 Å². The van der Waals surface area contributed by atoms with Gasteiger partial charge in [-0.3, -0.25) is 4.99 Å². The molecule has 2 nitrogen and oxygen atoms in total. The Morgan fingerprint density at radius 1 is 0.571 bits per heavy atom. The lowest BCUT2D eigenvalue weighted by molar-refractivity contribution is 0.407. The SMILES string of the molecule is C1=CCCC(C2=NC(C3C=CC(c4ccc5c(c4)C4(c6ccccc6-c6ccccc64)c4c-5c(-c5ccccc5)cc5ccccc45)=C4C=CC=CC43)NC(c3ccccc3)=C2)=C1. The van der Waals surface area contributed by atoms with Crippen LogP contribution >= 0.6 is 0 Å². The number of hydrogen-bond donors (Lipinski definition) is 1. The van der Waals surface area contributed by atoms with E-state index in [0.29, 0.717) is 0 Å². The summed E-state index contributed by atoms with van der Waals surface area (Å²) in [5.74, 6) is 0.263. The van der Waals surface area contributed by atoms with E-state index in [0.717, 1.165) is 24.3 Å². The summed E-state index contributed by atoms with van der Waals surface area (Å²) in [6, 6.07) is 58.9. The highest BCUT2D eigenvalue weighted by atomic mass is 15.1. The van der Waals surface area contributed by atoms with Gasteiger partial charge < -0.3 is 5.32 Å². The maximum Gasteiger partial charge on any atom is 0.126 e. The second-order valence-corrected chi connectivity index (χ2v) is 17.6. The normalized spacial score (nSPS) is 20.6. The first kappa shape index (κ1) is 36.1. The molecule has 7 aromatic carbocycles. The van der Waals surface area contributed by atoms with Crippen LogP contribution in [0.3, 0.4) is 0 Å². The van der Waals surface area contributed by atoms with Gasteiger partial charge in [0.2, 0.25) is 0 Å². The Kier molecular flexibility index (Phi) is 8.18. The lowest BCUT2D eigenvalue weighted by Gasteiger charge is -2.37. The van der Waals surface area contributed by atoms with Gasteiger partial charge in [0.15, 0.2) is 0 Å². The zero-order chi connectivity index (χ0) is 41.5. The van der Waals surface area contributed by atoms with E-state index in [1.165, 1.54) is 94.3 Å².